The number of nitrogens with zero attached hydrogens (tertiary/aromatic N) is 3. The summed E-state index contributed by atoms with van der Waals surface area (Å²) in [5, 5.41) is 5.30. The van der Waals surface area contributed by atoms with Crippen molar-refractivity contribution in [2.24, 2.45) is 0 Å². The number of aldehydes is 1. The zero-order chi connectivity index (χ0) is 20.1. The largest absolute Gasteiger partial charge is 0.455 e. The Kier molecular flexibility index (Phi) is 4.13. The molecule has 0 N–H and O–H groups in total. The molecule has 29 heavy (non-hydrogen) atoms. The van der Waals surface area contributed by atoms with Crippen LogP contribution in [-0.4, -0.2) is 39.8 Å². The van der Waals surface area contributed by atoms with E-state index in [0.717, 1.165) is 57.4 Å². The van der Waals surface area contributed by atoms with Crippen molar-refractivity contribution in [1.82, 2.24) is 14.5 Å². The highest BCUT2D eigenvalue weighted by Gasteiger charge is 2.26. The third-order valence-corrected chi connectivity index (χ3v) is 6.58. The van der Waals surface area contributed by atoms with Gasteiger partial charge in [-0.25, -0.2) is 4.52 Å². The van der Waals surface area contributed by atoms with E-state index in [4.69, 9.17) is 4.74 Å². The van der Waals surface area contributed by atoms with Crippen LogP contribution in [0.25, 0.3) is 15.6 Å². The van der Waals surface area contributed by atoms with Crippen LogP contribution in [0, 0.1) is 13.8 Å². The second kappa shape index (κ2) is 6.70. The fourth-order valence-corrected chi connectivity index (χ4v) is 4.83. The van der Waals surface area contributed by atoms with Crippen molar-refractivity contribution in [2.75, 3.05) is 13.1 Å². The first-order valence-electron chi connectivity index (χ1n) is 9.49. The number of carbonyl (C=O) groups excluding carboxylic acids is 2. The number of rotatable bonds is 4. The summed E-state index contributed by atoms with van der Waals surface area (Å²) in [4.78, 5) is 26.9. The predicted molar refractivity (Wildman–Crippen MR) is 112 cm³/mol. The van der Waals surface area contributed by atoms with Crippen LogP contribution in [0.5, 0.6) is 11.5 Å². The van der Waals surface area contributed by atoms with Gasteiger partial charge < -0.3 is 9.64 Å². The van der Waals surface area contributed by atoms with E-state index in [2.05, 4.69) is 5.10 Å². The summed E-state index contributed by atoms with van der Waals surface area (Å²) in [6.45, 7) is 5.50. The van der Waals surface area contributed by atoms with Crippen LogP contribution < -0.4 is 4.74 Å². The maximum Gasteiger partial charge on any atom is 0.255 e. The number of aromatic nitrogens is 2. The normalized spacial score (nSPS) is 13.7. The second-order valence-corrected chi connectivity index (χ2v) is 8.51. The van der Waals surface area contributed by atoms with Gasteiger partial charge >= 0.3 is 0 Å². The Morgan fingerprint density at radius 1 is 1.24 bits per heavy atom. The molecule has 1 aliphatic rings. The van der Waals surface area contributed by atoms with Gasteiger partial charge in [-0.15, -0.1) is 11.3 Å². The first-order chi connectivity index (χ1) is 14.1. The lowest BCUT2D eigenvalue weighted by molar-refractivity contribution is 0.0651. The summed E-state index contributed by atoms with van der Waals surface area (Å²) in [6, 6.07) is 7.53. The molecule has 0 atom stereocenters. The van der Waals surface area contributed by atoms with Crippen molar-refractivity contribution < 1.29 is 14.3 Å². The Hall–Kier alpha value is -3.19. The monoisotopic (exact) mass is 405 g/mol. The lowest BCUT2D eigenvalue weighted by atomic mass is 10.1. The summed E-state index contributed by atoms with van der Waals surface area (Å²) in [5.41, 5.74) is 3.04. The molecule has 3 aromatic heterocycles. The Morgan fingerprint density at radius 2 is 2.07 bits per heavy atom. The number of fused-ring (bicyclic) bond motifs is 2. The van der Waals surface area contributed by atoms with Crippen LogP contribution in [0.4, 0.5) is 0 Å². The lowest BCUT2D eigenvalue weighted by Crippen LogP contribution is -2.42. The van der Waals surface area contributed by atoms with Gasteiger partial charge in [0.15, 0.2) is 12.0 Å². The number of benzene rings is 1. The molecule has 0 spiro atoms. The Bertz CT molecular complexity index is 1280. The topological polar surface area (TPSA) is 63.9 Å². The molecule has 0 unspecified atom stereocenters. The van der Waals surface area contributed by atoms with Crippen molar-refractivity contribution in [3.63, 3.8) is 0 Å². The lowest BCUT2D eigenvalue weighted by Gasteiger charge is -2.30. The van der Waals surface area contributed by atoms with Gasteiger partial charge in [-0.3, -0.25) is 9.59 Å². The highest BCUT2D eigenvalue weighted by atomic mass is 32.1. The molecule has 7 heteroatoms. The fourth-order valence-electron chi connectivity index (χ4n) is 3.77. The minimum absolute atomic E-state index is 0.0436. The Labute approximate surface area is 171 Å². The number of ether oxygens (including phenoxy) is 1. The molecule has 1 amide bonds. The molecule has 4 heterocycles. The minimum Gasteiger partial charge on any atom is -0.455 e. The summed E-state index contributed by atoms with van der Waals surface area (Å²) in [5.74, 6) is 1.37. The van der Waals surface area contributed by atoms with Gasteiger partial charge in [-0.05, 0) is 44.0 Å². The van der Waals surface area contributed by atoms with Crippen molar-refractivity contribution in [1.29, 1.82) is 0 Å². The van der Waals surface area contributed by atoms with Gasteiger partial charge in [-0.2, -0.15) is 5.10 Å². The van der Waals surface area contributed by atoms with Crippen LogP contribution >= 0.6 is 11.3 Å². The van der Waals surface area contributed by atoms with Gasteiger partial charge in [0.25, 0.3) is 5.91 Å². The molecule has 0 bridgehead atoms. The van der Waals surface area contributed by atoms with Gasteiger partial charge in [0, 0.05) is 45.9 Å². The van der Waals surface area contributed by atoms with Crippen LogP contribution in [-0.2, 0) is 0 Å². The molecule has 6 nitrogen and oxygen atoms in total. The average Bonchev–Trinajstić information content (AvgIpc) is 3.16. The number of likely N-dealkylation sites (tertiary alicyclic amines) is 1. The van der Waals surface area contributed by atoms with Crippen molar-refractivity contribution in [3.05, 3.63) is 58.2 Å². The van der Waals surface area contributed by atoms with Gasteiger partial charge in [0.05, 0.1) is 11.8 Å². The number of hydrogen-bond donors (Lipinski definition) is 0. The summed E-state index contributed by atoms with van der Waals surface area (Å²) < 4.78 is 8.90. The summed E-state index contributed by atoms with van der Waals surface area (Å²) >= 11 is 1.58. The molecule has 146 valence electrons. The molecular formula is C22H19N3O3S. The molecule has 0 aliphatic carbocycles. The number of amides is 1. The maximum absolute atomic E-state index is 12.7. The molecule has 4 aromatic rings. The zero-order valence-electron chi connectivity index (χ0n) is 16.1. The average molecular weight is 405 g/mol. The molecule has 1 aliphatic heterocycles. The summed E-state index contributed by atoms with van der Waals surface area (Å²) in [7, 11) is 0. The Balaban J connectivity index is 1.55. The molecule has 5 rings (SSSR count). The van der Waals surface area contributed by atoms with Crippen LogP contribution in [0.1, 0.15) is 37.6 Å². The Morgan fingerprint density at radius 3 is 2.79 bits per heavy atom. The van der Waals surface area contributed by atoms with Crippen LogP contribution in [0.15, 0.2) is 36.7 Å². The van der Waals surface area contributed by atoms with E-state index in [9.17, 15) is 9.59 Å². The van der Waals surface area contributed by atoms with Gasteiger partial charge in [0.2, 0.25) is 0 Å². The van der Waals surface area contributed by atoms with E-state index in [1.807, 2.05) is 36.9 Å². The van der Waals surface area contributed by atoms with E-state index in [1.165, 1.54) is 0 Å². The fraction of sp³-hybridized carbons (Fsp3) is 0.227. The quantitative estimate of drug-likeness (QED) is 0.465. The zero-order valence-corrected chi connectivity index (χ0v) is 17.0. The number of aryl methyl sites for hydroxylation is 2. The van der Waals surface area contributed by atoms with Crippen LogP contribution in [0.3, 0.4) is 0 Å². The molecule has 1 aromatic carbocycles. The number of hydrogen-bond acceptors (Lipinski definition) is 5. The molecule has 0 saturated carbocycles. The van der Waals surface area contributed by atoms with E-state index in [0.29, 0.717) is 17.1 Å². The van der Waals surface area contributed by atoms with Crippen molar-refractivity contribution in [2.45, 2.75) is 20.3 Å². The van der Waals surface area contributed by atoms with Gasteiger partial charge in [-0.1, -0.05) is 0 Å². The molecule has 1 saturated heterocycles. The highest BCUT2D eigenvalue weighted by molar-refractivity contribution is 7.19. The van der Waals surface area contributed by atoms with Crippen molar-refractivity contribution in [3.8, 4) is 11.5 Å². The van der Waals surface area contributed by atoms with E-state index >= 15 is 0 Å². The van der Waals surface area contributed by atoms with E-state index in [-0.39, 0.29) is 5.91 Å². The van der Waals surface area contributed by atoms with Crippen molar-refractivity contribution >= 4 is 39.1 Å². The standard InChI is InChI=1S/C22H19N3O3S/c1-13-17(22(27)24-8-3-9-24)11-25-21(13)19(6-7-23-25)28-15-4-5-16-18(12-26)14(2)29-20(16)10-15/h4-7,10-12H,3,8-9H2,1-2H3. The third-order valence-electron chi connectivity index (χ3n) is 5.50. The van der Waals surface area contributed by atoms with E-state index in [1.54, 1.807) is 34.3 Å². The van der Waals surface area contributed by atoms with Crippen LogP contribution in [0.2, 0.25) is 0 Å². The smallest absolute Gasteiger partial charge is 0.255 e. The predicted octanol–water partition coefficient (Wildman–Crippen LogP) is 4.62. The minimum atomic E-state index is 0.0436. The first-order valence-corrected chi connectivity index (χ1v) is 10.3. The molecule has 0 radical (unpaired) electrons. The molecular weight excluding hydrogens is 386 g/mol. The number of carbonyl (C=O) groups is 2. The maximum atomic E-state index is 12.7. The van der Waals surface area contributed by atoms with Gasteiger partial charge in [0.1, 0.15) is 11.3 Å². The highest BCUT2D eigenvalue weighted by Crippen LogP contribution is 2.36. The summed E-state index contributed by atoms with van der Waals surface area (Å²) in [6.07, 6.45) is 5.40. The second-order valence-electron chi connectivity index (χ2n) is 7.25. The SMILES string of the molecule is Cc1sc2cc(Oc3ccnn4cc(C(=O)N5CCC5)c(C)c34)ccc2c1C=O. The third kappa shape index (κ3) is 2.81. The first kappa shape index (κ1) is 17.9. The van der Waals surface area contributed by atoms with E-state index < -0.39 is 0 Å². The number of thiophene rings is 1. The molecule has 1 fully saturated rings.